The van der Waals surface area contributed by atoms with Gasteiger partial charge in [-0.2, -0.15) is 0 Å². The minimum atomic E-state index is -1.90. The standard InChI is InChI=1S/C34H43BrN4O6/c35-28-11-8-12-29(27-28)38(23-10-26-43-30-13-2-1-3-14-30)33(42)39(24-9-22-36-18-4-5-19-36)34(17-25-37-20-6-7-21-37)44-31(40)15-16-32(41)45-34/h1-3,8,11-16,27H,4-7,9-10,17-26H2. The normalized spacial score (nSPS) is 18.3. The zero-order valence-electron chi connectivity index (χ0n) is 25.8. The van der Waals surface area contributed by atoms with Gasteiger partial charge in [-0.1, -0.05) is 40.2 Å². The molecule has 45 heavy (non-hydrogen) atoms. The lowest BCUT2D eigenvalue weighted by Crippen LogP contribution is -2.61. The largest absolute Gasteiger partial charge is 0.494 e. The first-order valence-electron chi connectivity index (χ1n) is 16.0. The van der Waals surface area contributed by atoms with Crippen molar-refractivity contribution in [1.82, 2.24) is 14.7 Å². The Labute approximate surface area is 274 Å². The van der Waals surface area contributed by atoms with Crippen molar-refractivity contribution < 1.29 is 28.6 Å². The van der Waals surface area contributed by atoms with Crippen LogP contribution in [0.3, 0.4) is 0 Å². The molecule has 0 aromatic heterocycles. The van der Waals surface area contributed by atoms with Gasteiger partial charge in [-0.25, -0.2) is 14.4 Å². The van der Waals surface area contributed by atoms with Gasteiger partial charge in [0.25, 0.3) is 0 Å². The molecule has 0 aliphatic carbocycles. The van der Waals surface area contributed by atoms with Crippen molar-refractivity contribution in [2.24, 2.45) is 0 Å². The molecule has 2 aromatic rings. The summed E-state index contributed by atoms with van der Waals surface area (Å²) >= 11 is 3.55. The average Bonchev–Trinajstić information content (AvgIpc) is 3.74. The van der Waals surface area contributed by atoms with Crippen molar-refractivity contribution >= 4 is 39.6 Å². The molecule has 3 heterocycles. The molecule has 2 fully saturated rings. The number of esters is 2. The SMILES string of the molecule is O=C1C=CC(=O)OC(CCN2CCCC2)(N(CCCN2CCCC2)C(=O)N(CCCOc2ccccc2)c2cccc(Br)c2)O1. The molecule has 242 valence electrons. The highest BCUT2D eigenvalue weighted by Gasteiger charge is 2.49. The number of carbonyl (C=O) groups is 3. The highest BCUT2D eigenvalue weighted by molar-refractivity contribution is 9.10. The number of benzene rings is 2. The number of nitrogens with zero attached hydrogens (tertiary/aromatic N) is 4. The number of para-hydroxylation sites is 1. The number of urea groups is 1. The van der Waals surface area contributed by atoms with Crippen molar-refractivity contribution in [1.29, 1.82) is 0 Å². The van der Waals surface area contributed by atoms with Crippen molar-refractivity contribution in [2.75, 3.05) is 63.9 Å². The number of likely N-dealkylation sites (tertiary alicyclic amines) is 2. The third-order valence-corrected chi connectivity index (χ3v) is 8.90. The van der Waals surface area contributed by atoms with Crippen LogP contribution in [0.1, 0.15) is 44.9 Å². The van der Waals surface area contributed by atoms with E-state index in [9.17, 15) is 14.4 Å². The van der Waals surface area contributed by atoms with E-state index < -0.39 is 23.9 Å². The van der Waals surface area contributed by atoms with Gasteiger partial charge in [-0.05, 0) is 102 Å². The second-order valence-corrected chi connectivity index (χ2v) is 12.6. The number of amides is 2. The molecule has 3 aliphatic heterocycles. The molecule has 0 N–H and O–H groups in total. The molecule has 2 aromatic carbocycles. The summed E-state index contributed by atoms with van der Waals surface area (Å²) in [5.74, 6) is -2.57. The van der Waals surface area contributed by atoms with Gasteiger partial charge in [0, 0.05) is 41.9 Å². The molecule has 5 rings (SSSR count). The lowest BCUT2D eigenvalue weighted by Gasteiger charge is -2.43. The Morgan fingerprint density at radius 2 is 1.47 bits per heavy atom. The third-order valence-electron chi connectivity index (χ3n) is 8.40. The van der Waals surface area contributed by atoms with Crippen LogP contribution in [-0.2, 0) is 19.1 Å². The van der Waals surface area contributed by atoms with E-state index in [1.54, 1.807) is 4.90 Å². The zero-order valence-corrected chi connectivity index (χ0v) is 27.4. The number of cyclic esters (lactones) is 2. The van der Waals surface area contributed by atoms with Crippen LogP contribution in [0.4, 0.5) is 10.5 Å². The number of halogens is 1. The molecule has 0 unspecified atom stereocenters. The zero-order chi connectivity index (χ0) is 31.5. The van der Waals surface area contributed by atoms with Crippen molar-refractivity contribution in [3.63, 3.8) is 0 Å². The molecule has 0 radical (unpaired) electrons. The van der Waals surface area contributed by atoms with E-state index >= 15 is 0 Å². The second kappa shape index (κ2) is 16.2. The van der Waals surface area contributed by atoms with Gasteiger partial charge in [-0.3, -0.25) is 9.80 Å². The van der Waals surface area contributed by atoms with Crippen LogP contribution in [-0.4, -0.2) is 97.5 Å². The quantitative estimate of drug-likeness (QED) is 0.193. The predicted molar refractivity (Wildman–Crippen MR) is 175 cm³/mol. The number of ether oxygens (including phenoxy) is 3. The van der Waals surface area contributed by atoms with Crippen molar-refractivity contribution in [2.45, 2.75) is 50.9 Å². The van der Waals surface area contributed by atoms with E-state index in [2.05, 4.69) is 25.7 Å². The summed E-state index contributed by atoms with van der Waals surface area (Å²) in [6.07, 6.45) is 7.92. The highest BCUT2D eigenvalue weighted by Crippen LogP contribution is 2.32. The van der Waals surface area contributed by atoms with Crippen LogP contribution in [0.5, 0.6) is 5.75 Å². The minimum absolute atomic E-state index is 0.144. The Hall–Kier alpha value is -3.41. The van der Waals surface area contributed by atoms with E-state index in [0.717, 1.165) is 80.8 Å². The third kappa shape index (κ3) is 9.31. The molecule has 3 aliphatic rings. The topological polar surface area (TPSA) is 91.9 Å². The monoisotopic (exact) mass is 682 g/mol. The second-order valence-electron chi connectivity index (χ2n) is 11.7. The summed E-state index contributed by atoms with van der Waals surface area (Å²) in [6, 6.07) is 16.7. The van der Waals surface area contributed by atoms with E-state index in [1.165, 1.54) is 4.90 Å². The van der Waals surface area contributed by atoms with Gasteiger partial charge >= 0.3 is 23.9 Å². The highest BCUT2D eigenvalue weighted by atomic mass is 79.9. The molecule has 2 amide bonds. The summed E-state index contributed by atoms with van der Waals surface area (Å²) < 4.78 is 18.7. The molecule has 11 heteroatoms. The lowest BCUT2D eigenvalue weighted by molar-refractivity contribution is -0.272. The number of hydrogen-bond donors (Lipinski definition) is 0. The smallest absolute Gasteiger partial charge is 0.347 e. The molecule has 0 bridgehead atoms. The van der Waals surface area contributed by atoms with Crippen LogP contribution < -0.4 is 9.64 Å². The Morgan fingerprint density at radius 3 is 2.11 bits per heavy atom. The summed E-state index contributed by atoms with van der Waals surface area (Å²) in [4.78, 5) is 48.5. The molecule has 0 atom stereocenters. The fraction of sp³-hybridized carbons (Fsp3) is 0.500. The minimum Gasteiger partial charge on any atom is -0.494 e. The summed E-state index contributed by atoms with van der Waals surface area (Å²) in [5.41, 5.74) is 0.665. The first kappa shape index (κ1) is 33.0. The Bertz CT molecular complexity index is 1290. The maximum absolute atomic E-state index is 14.8. The Kier molecular flexibility index (Phi) is 11.9. The van der Waals surface area contributed by atoms with E-state index in [4.69, 9.17) is 14.2 Å². The summed E-state index contributed by atoms with van der Waals surface area (Å²) in [6.45, 7) is 6.11. The van der Waals surface area contributed by atoms with Gasteiger partial charge in [0.1, 0.15) is 5.75 Å². The van der Waals surface area contributed by atoms with E-state index in [0.29, 0.717) is 38.2 Å². The van der Waals surface area contributed by atoms with Crippen LogP contribution in [0.2, 0.25) is 0 Å². The molecule has 10 nitrogen and oxygen atoms in total. The fourth-order valence-electron chi connectivity index (χ4n) is 6.12. The van der Waals surface area contributed by atoms with Gasteiger partial charge in [0.15, 0.2) is 0 Å². The number of hydrogen-bond acceptors (Lipinski definition) is 8. The van der Waals surface area contributed by atoms with Crippen molar-refractivity contribution in [3.05, 3.63) is 71.2 Å². The number of anilines is 1. The van der Waals surface area contributed by atoms with E-state index in [1.807, 2.05) is 54.6 Å². The Morgan fingerprint density at radius 1 is 0.822 bits per heavy atom. The molecular weight excluding hydrogens is 640 g/mol. The van der Waals surface area contributed by atoms with Gasteiger partial charge in [0.05, 0.1) is 13.0 Å². The van der Waals surface area contributed by atoms with Gasteiger partial charge in [-0.15, -0.1) is 0 Å². The molecular formula is C34H43BrN4O6. The summed E-state index contributed by atoms with van der Waals surface area (Å²) in [7, 11) is 0. The van der Waals surface area contributed by atoms with Crippen LogP contribution in [0.15, 0.2) is 71.2 Å². The predicted octanol–water partition coefficient (Wildman–Crippen LogP) is 5.43. The number of rotatable bonds is 14. The van der Waals surface area contributed by atoms with Crippen LogP contribution in [0.25, 0.3) is 0 Å². The van der Waals surface area contributed by atoms with E-state index in [-0.39, 0.29) is 13.0 Å². The van der Waals surface area contributed by atoms with Crippen LogP contribution >= 0.6 is 15.9 Å². The maximum atomic E-state index is 14.8. The molecule has 2 saturated heterocycles. The molecule has 0 spiro atoms. The first-order chi connectivity index (χ1) is 21.9. The summed E-state index contributed by atoms with van der Waals surface area (Å²) in [5, 5.41) is 0. The number of carbonyl (C=O) groups excluding carboxylic acids is 3. The fourth-order valence-corrected chi connectivity index (χ4v) is 6.50. The van der Waals surface area contributed by atoms with Gasteiger partial charge in [0.2, 0.25) is 0 Å². The molecule has 0 saturated carbocycles. The lowest BCUT2D eigenvalue weighted by atomic mass is 10.2. The van der Waals surface area contributed by atoms with Gasteiger partial charge < -0.3 is 24.0 Å². The maximum Gasteiger partial charge on any atom is 0.347 e. The average molecular weight is 684 g/mol. The Balaban J connectivity index is 1.44. The van der Waals surface area contributed by atoms with Crippen LogP contribution in [0, 0.1) is 0 Å². The van der Waals surface area contributed by atoms with Crippen molar-refractivity contribution in [3.8, 4) is 5.75 Å². The first-order valence-corrected chi connectivity index (χ1v) is 16.8.